The molecule has 1 N–H and O–H groups in total. The van der Waals surface area contributed by atoms with Gasteiger partial charge in [-0.3, -0.25) is 9.78 Å². The van der Waals surface area contributed by atoms with Crippen LogP contribution in [0.1, 0.15) is 18.0 Å². The molecule has 4 nitrogen and oxygen atoms in total. The molecule has 24 heavy (non-hydrogen) atoms. The van der Waals surface area contributed by atoms with Gasteiger partial charge in [-0.25, -0.2) is 4.39 Å². The van der Waals surface area contributed by atoms with Gasteiger partial charge in [0.25, 0.3) is 0 Å². The van der Waals surface area contributed by atoms with E-state index in [1.54, 1.807) is 18.3 Å². The van der Waals surface area contributed by atoms with E-state index in [0.29, 0.717) is 23.6 Å². The number of hydrogen-bond donors (Lipinski definition) is 1. The lowest BCUT2D eigenvalue weighted by Gasteiger charge is -2.36. The number of carbonyl (C=O) groups excluding carboxylic acids is 1. The number of amides is 1. The van der Waals surface area contributed by atoms with Crippen LogP contribution in [0.5, 0.6) is 0 Å². The Labute approximate surface area is 145 Å². The maximum atomic E-state index is 13.6. The molecule has 1 aliphatic heterocycles. The van der Waals surface area contributed by atoms with Gasteiger partial charge in [0.2, 0.25) is 5.91 Å². The Balaban J connectivity index is 1.59. The molecule has 1 aliphatic rings. The summed E-state index contributed by atoms with van der Waals surface area (Å²) in [5.74, 6) is 0.447. The third kappa shape index (κ3) is 4.13. The number of thioether (sulfide) groups is 1. The second-order valence-electron chi connectivity index (χ2n) is 5.62. The molecule has 1 saturated heterocycles. The first-order chi connectivity index (χ1) is 11.8. The summed E-state index contributed by atoms with van der Waals surface area (Å²) in [4.78, 5) is 19.3. The highest BCUT2D eigenvalue weighted by atomic mass is 32.2. The molecule has 0 radical (unpaired) electrons. The summed E-state index contributed by atoms with van der Waals surface area (Å²) in [6.07, 6.45) is 3.94. The van der Waals surface area contributed by atoms with Crippen LogP contribution in [0.4, 0.5) is 4.39 Å². The zero-order valence-electron chi connectivity index (χ0n) is 13.3. The highest BCUT2D eigenvalue weighted by molar-refractivity contribution is 7.99. The fraction of sp³-hybridized carbons (Fsp3) is 0.333. The Morgan fingerprint density at radius 3 is 3.00 bits per heavy atom. The highest BCUT2D eigenvalue weighted by Gasteiger charge is 2.27. The van der Waals surface area contributed by atoms with E-state index in [4.69, 9.17) is 0 Å². The molecule has 3 rings (SSSR count). The molecule has 1 aromatic heterocycles. The quantitative estimate of drug-likeness (QED) is 0.847. The van der Waals surface area contributed by atoms with E-state index in [2.05, 4.69) is 10.3 Å². The lowest BCUT2D eigenvalue weighted by molar-refractivity contribution is -0.134. The fourth-order valence-electron chi connectivity index (χ4n) is 2.83. The van der Waals surface area contributed by atoms with E-state index >= 15 is 0 Å². The number of piperazine rings is 1. The third-order valence-corrected chi connectivity index (χ3v) is 5.09. The van der Waals surface area contributed by atoms with Crippen LogP contribution < -0.4 is 5.32 Å². The molecule has 0 bridgehead atoms. The van der Waals surface area contributed by atoms with E-state index in [1.807, 2.05) is 29.3 Å². The molecule has 0 spiro atoms. The lowest BCUT2D eigenvalue weighted by Crippen LogP contribution is -2.48. The number of hydrogen-bond acceptors (Lipinski definition) is 4. The van der Waals surface area contributed by atoms with Gasteiger partial charge < -0.3 is 10.2 Å². The van der Waals surface area contributed by atoms with Gasteiger partial charge in [0.15, 0.2) is 0 Å². The number of halogens is 1. The fourth-order valence-corrected chi connectivity index (χ4v) is 3.70. The number of carbonyl (C=O) groups is 1. The molecule has 2 aromatic rings. The van der Waals surface area contributed by atoms with E-state index in [9.17, 15) is 9.18 Å². The molecule has 126 valence electrons. The van der Waals surface area contributed by atoms with Crippen molar-refractivity contribution >= 4 is 17.7 Å². The van der Waals surface area contributed by atoms with Crippen LogP contribution in [0.25, 0.3) is 0 Å². The summed E-state index contributed by atoms with van der Waals surface area (Å²) in [6, 6.07) is 10.6. The Kier molecular flexibility index (Phi) is 5.82. The first kappa shape index (κ1) is 16.9. The summed E-state index contributed by atoms with van der Waals surface area (Å²) in [7, 11) is 0. The second-order valence-corrected chi connectivity index (χ2v) is 6.76. The molecule has 1 atom stereocenters. The monoisotopic (exact) mass is 345 g/mol. The van der Waals surface area contributed by atoms with Crippen molar-refractivity contribution in [3.05, 3.63) is 60.2 Å². The molecule has 1 unspecified atom stereocenters. The van der Waals surface area contributed by atoms with E-state index in [0.717, 1.165) is 18.7 Å². The van der Waals surface area contributed by atoms with Crippen molar-refractivity contribution in [1.29, 1.82) is 0 Å². The normalized spacial score (nSPS) is 17.7. The van der Waals surface area contributed by atoms with Gasteiger partial charge in [-0.15, -0.1) is 11.8 Å². The Morgan fingerprint density at radius 1 is 1.33 bits per heavy atom. The van der Waals surface area contributed by atoms with E-state index in [-0.39, 0.29) is 17.8 Å². The average Bonchev–Trinajstić information content (AvgIpc) is 2.64. The van der Waals surface area contributed by atoms with Crippen molar-refractivity contribution in [2.75, 3.05) is 25.4 Å². The average molecular weight is 345 g/mol. The number of pyridine rings is 1. The largest absolute Gasteiger partial charge is 0.333 e. The molecular weight excluding hydrogens is 325 g/mol. The van der Waals surface area contributed by atoms with Gasteiger partial charge in [-0.05, 0) is 23.8 Å². The number of benzene rings is 1. The number of rotatable bonds is 5. The molecule has 1 amide bonds. The van der Waals surface area contributed by atoms with Gasteiger partial charge in [0.05, 0.1) is 6.04 Å². The first-order valence-electron chi connectivity index (χ1n) is 8.03. The SMILES string of the molecule is O=C(CCSc1ccccc1F)N1CCNCC1c1cccnc1. The first-order valence-corrected chi connectivity index (χ1v) is 9.01. The highest BCUT2D eigenvalue weighted by Crippen LogP contribution is 2.25. The molecule has 1 aromatic carbocycles. The van der Waals surface area contributed by atoms with Crippen LogP contribution in [-0.4, -0.2) is 41.2 Å². The zero-order chi connectivity index (χ0) is 16.8. The van der Waals surface area contributed by atoms with Gasteiger partial charge in [0, 0.05) is 49.1 Å². The third-order valence-electron chi connectivity index (χ3n) is 4.04. The number of nitrogens with one attached hydrogen (secondary N) is 1. The minimum atomic E-state index is -0.231. The Bertz CT molecular complexity index is 683. The summed E-state index contributed by atoms with van der Waals surface area (Å²) < 4.78 is 13.6. The molecular formula is C18H20FN3OS. The Morgan fingerprint density at radius 2 is 2.21 bits per heavy atom. The summed E-state index contributed by atoms with van der Waals surface area (Å²) in [6.45, 7) is 2.21. The van der Waals surface area contributed by atoms with Gasteiger partial charge >= 0.3 is 0 Å². The van der Waals surface area contributed by atoms with Crippen molar-refractivity contribution in [2.24, 2.45) is 0 Å². The van der Waals surface area contributed by atoms with Crippen molar-refractivity contribution in [3.63, 3.8) is 0 Å². The molecule has 1 fully saturated rings. The maximum absolute atomic E-state index is 13.6. The zero-order valence-corrected chi connectivity index (χ0v) is 14.1. The predicted molar refractivity (Wildman–Crippen MR) is 93.3 cm³/mol. The predicted octanol–water partition coefficient (Wildman–Crippen LogP) is 2.88. The summed E-state index contributed by atoms with van der Waals surface area (Å²) >= 11 is 1.39. The molecule has 0 saturated carbocycles. The number of aromatic nitrogens is 1. The van der Waals surface area contributed by atoms with Crippen LogP contribution in [0.3, 0.4) is 0 Å². The van der Waals surface area contributed by atoms with Crippen molar-refractivity contribution in [2.45, 2.75) is 17.4 Å². The summed E-state index contributed by atoms with van der Waals surface area (Å²) in [5, 5.41) is 3.33. The number of nitrogens with zero attached hydrogens (tertiary/aromatic N) is 2. The molecule has 6 heteroatoms. The van der Waals surface area contributed by atoms with Crippen LogP contribution in [-0.2, 0) is 4.79 Å². The van der Waals surface area contributed by atoms with E-state index < -0.39 is 0 Å². The van der Waals surface area contributed by atoms with Crippen LogP contribution in [0, 0.1) is 5.82 Å². The minimum Gasteiger partial charge on any atom is -0.333 e. The van der Waals surface area contributed by atoms with Gasteiger partial charge in [0.1, 0.15) is 5.82 Å². The van der Waals surface area contributed by atoms with Crippen molar-refractivity contribution in [1.82, 2.24) is 15.2 Å². The minimum absolute atomic E-state index is 0.0124. The standard InChI is InChI=1S/C18H20FN3OS/c19-15-5-1-2-6-17(15)24-11-7-18(23)22-10-9-21-13-16(22)14-4-3-8-20-12-14/h1-6,8,12,16,21H,7,9-11,13H2. The lowest BCUT2D eigenvalue weighted by atomic mass is 10.1. The molecule has 0 aliphatic carbocycles. The van der Waals surface area contributed by atoms with E-state index in [1.165, 1.54) is 17.8 Å². The second kappa shape index (κ2) is 8.26. The maximum Gasteiger partial charge on any atom is 0.224 e. The topological polar surface area (TPSA) is 45.2 Å². The Hall–Kier alpha value is -1.92. The van der Waals surface area contributed by atoms with Crippen LogP contribution in [0.15, 0.2) is 53.7 Å². The van der Waals surface area contributed by atoms with Crippen molar-refractivity contribution in [3.8, 4) is 0 Å². The van der Waals surface area contributed by atoms with Gasteiger partial charge in [-0.2, -0.15) is 0 Å². The van der Waals surface area contributed by atoms with Crippen LogP contribution >= 0.6 is 11.8 Å². The van der Waals surface area contributed by atoms with Crippen molar-refractivity contribution < 1.29 is 9.18 Å². The van der Waals surface area contributed by atoms with Gasteiger partial charge in [-0.1, -0.05) is 18.2 Å². The molecule has 2 heterocycles. The summed E-state index contributed by atoms with van der Waals surface area (Å²) in [5.41, 5.74) is 1.04. The smallest absolute Gasteiger partial charge is 0.224 e. The van der Waals surface area contributed by atoms with Crippen LogP contribution in [0.2, 0.25) is 0 Å².